The van der Waals surface area contributed by atoms with E-state index >= 15 is 0 Å². The first-order chi connectivity index (χ1) is 12.6. The van der Waals surface area contributed by atoms with Gasteiger partial charge in [-0.15, -0.1) is 0 Å². The molecule has 0 bridgehead atoms. The van der Waals surface area contributed by atoms with E-state index in [1.54, 1.807) is 4.90 Å². The largest absolute Gasteiger partial charge is 0.486 e. The molecule has 0 saturated carbocycles. The minimum absolute atomic E-state index is 0.121. The molecule has 26 heavy (non-hydrogen) atoms. The smallest absolute Gasteiger partial charge is 0.276 e. The number of carbonyl (C=O) groups excluding carboxylic acids is 1. The summed E-state index contributed by atoms with van der Waals surface area (Å²) in [4.78, 5) is 21.3. The van der Waals surface area contributed by atoms with Crippen LogP contribution in [0.3, 0.4) is 0 Å². The van der Waals surface area contributed by atoms with Gasteiger partial charge in [-0.2, -0.15) is 0 Å². The van der Waals surface area contributed by atoms with Crippen LogP contribution >= 0.6 is 0 Å². The van der Waals surface area contributed by atoms with Crippen LogP contribution in [0.25, 0.3) is 11.3 Å². The second kappa shape index (κ2) is 6.99. The fourth-order valence-electron chi connectivity index (χ4n) is 3.58. The topological polar surface area (TPSA) is 68.0 Å². The zero-order chi connectivity index (χ0) is 18.1. The monoisotopic (exact) mass is 357 g/mol. The number of likely N-dealkylation sites (tertiary alicyclic amines) is 1. The predicted molar refractivity (Wildman–Crippen MR) is 95.5 cm³/mol. The molecular weight excluding hydrogens is 334 g/mol. The number of benzene rings is 1. The van der Waals surface area contributed by atoms with Gasteiger partial charge >= 0.3 is 0 Å². The van der Waals surface area contributed by atoms with Gasteiger partial charge in [0.25, 0.3) is 5.91 Å². The standard InChI is InChI=1S/C19H23N3O4/c1-21-7-3-4-14(11-21)22(2)19(23)17-18(26-12-20-17)13-5-6-15-16(10-13)25-9-8-24-15/h5-6,10,12,14H,3-4,7-9,11H2,1-2H3. The van der Waals surface area contributed by atoms with Crippen molar-refractivity contribution < 1.29 is 18.7 Å². The van der Waals surface area contributed by atoms with Crippen LogP contribution in [0.2, 0.25) is 0 Å². The van der Waals surface area contributed by atoms with Crippen molar-refractivity contribution >= 4 is 5.91 Å². The highest BCUT2D eigenvalue weighted by molar-refractivity contribution is 5.97. The minimum Gasteiger partial charge on any atom is -0.486 e. The Morgan fingerprint density at radius 3 is 2.88 bits per heavy atom. The highest BCUT2D eigenvalue weighted by Gasteiger charge is 2.29. The fraction of sp³-hybridized carbons (Fsp3) is 0.474. The van der Waals surface area contributed by atoms with Crippen LogP contribution < -0.4 is 9.47 Å². The van der Waals surface area contributed by atoms with Crippen LogP contribution in [0, 0.1) is 0 Å². The molecule has 0 radical (unpaired) electrons. The molecule has 2 aliphatic rings. The van der Waals surface area contributed by atoms with Gasteiger partial charge in [0.2, 0.25) is 0 Å². The van der Waals surface area contributed by atoms with Crippen molar-refractivity contribution in [3.63, 3.8) is 0 Å². The summed E-state index contributed by atoms with van der Waals surface area (Å²) >= 11 is 0. The third kappa shape index (κ3) is 3.14. The second-order valence-electron chi connectivity index (χ2n) is 6.86. The third-order valence-electron chi connectivity index (χ3n) is 5.04. The van der Waals surface area contributed by atoms with Crippen molar-refractivity contribution in [3.05, 3.63) is 30.3 Å². The fourth-order valence-corrected chi connectivity index (χ4v) is 3.58. The SMILES string of the molecule is CN1CCCC(N(C)C(=O)c2ncoc2-c2ccc3c(c2)OCCO3)C1. The predicted octanol–water partition coefficient (Wildman–Crippen LogP) is 2.28. The number of ether oxygens (including phenoxy) is 2. The Balaban J connectivity index is 1.59. The Morgan fingerprint density at radius 2 is 2.08 bits per heavy atom. The normalized spacial score (nSPS) is 20.0. The number of amides is 1. The summed E-state index contributed by atoms with van der Waals surface area (Å²) in [6.07, 6.45) is 3.41. The van der Waals surface area contributed by atoms with E-state index in [4.69, 9.17) is 13.9 Å². The number of oxazole rings is 1. The molecule has 4 rings (SSSR count). The van der Waals surface area contributed by atoms with Crippen LogP contribution in [-0.4, -0.2) is 67.1 Å². The molecule has 1 saturated heterocycles. The first kappa shape index (κ1) is 16.9. The van der Waals surface area contributed by atoms with Crippen molar-refractivity contribution in [2.45, 2.75) is 18.9 Å². The lowest BCUT2D eigenvalue weighted by molar-refractivity contribution is 0.0639. The van der Waals surface area contributed by atoms with Crippen LogP contribution in [0.15, 0.2) is 29.0 Å². The van der Waals surface area contributed by atoms with E-state index in [0.29, 0.717) is 36.2 Å². The van der Waals surface area contributed by atoms with Crippen molar-refractivity contribution in [1.29, 1.82) is 0 Å². The molecule has 138 valence electrons. The van der Waals surface area contributed by atoms with Gasteiger partial charge in [0, 0.05) is 25.2 Å². The molecule has 7 nitrogen and oxygen atoms in total. The summed E-state index contributed by atoms with van der Waals surface area (Å²) in [5.41, 5.74) is 1.08. The molecule has 1 amide bonds. The van der Waals surface area contributed by atoms with Gasteiger partial charge in [0.15, 0.2) is 29.3 Å². The van der Waals surface area contributed by atoms with E-state index in [-0.39, 0.29) is 11.9 Å². The highest BCUT2D eigenvalue weighted by Crippen LogP contribution is 2.35. The number of fused-ring (bicyclic) bond motifs is 1. The summed E-state index contributed by atoms with van der Waals surface area (Å²) in [7, 11) is 3.93. The third-order valence-corrected chi connectivity index (χ3v) is 5.04. The minimum atomic E-state index is -0.121. The Hall–Kier alpha value is -2.54. The van der Waals surface area contributed by atoms with Gasteiger partial charge in [-0.25, -0.2) is 4.98 Å². The van der Waals surface area contributed by atoms with Crippen molar-refractivity contribution in [2.75, 3.05) is 40.4 Å². The molecule has 1 aromatic carbocycles. The van der Waals surface area contributed by atoms with E-state index in [0.717, 1.165) is 31.5 Å². The number of hydrogen-bond donors (Lipinski definition) is 0. The Labute approximate surface area is 152 Å². The van der Waals surface area contributed by atoms with Crippen molar-refractivity contribution in [3.8, 4) is 22.8 Å². The van der Waals surface area contributed by atoms with Crippen LogP contribution in [-0.2, 0) is 0 Å². The molecule has 1 atom stereocenters. The number of carbonyl (C=O) groups is 1. The molecule has 3 heterocycles. The maximum atomic E-state index is 13.0. The number of aromatic nitrogens is 1. The molecular formula is C19H23N3O4. The van der Waals surface area contributed by atoms with E-state index in [2.05, 4.69) is 16.9 Å². The summed E-state index contributed by atoms with van der Waals surface area (Å²) < 4.78 is 16.7. The van der Waals surface area contributed by atoms with Gasteiger partial charge in [-0.1, -0.05) is 0 Å². The average Bonchev–Trinajstić information content (AvgIpc) is 3.16. The van der Waals surface area contributed by atoms with Crippen molar-refractivity contribution in [2.24, 2.45) is 0 Å². The van der Waals surface area contributed by atoms with Crippen LogP contribution in [0.4, 0.5) is 0 Å². The first-order valence-electron chi connectivity index (χ1n) is 8.92. The Kier molecular flexibility index (Phi) is 4.55. The quantitative estimate of drug-likeness (QED) is 0.839. The molecule has 0 spiro atoms. The summed E-state index contributed by atoms with van der Waals surface area (Å²) in [6, 6.07) is 5.71. The van der Waals surface area contributed by atoms with Crippen LogP contribution in [0.1, 0.15) is 23.3 Å². The van der Waals surface area contributed by atoms with Gasteiger partial charge in [-0.3, -0.25) is 4.79 Å². The highest BCUT2D eigenvalue weighted by atomic mass is 16.6. The lowest BCUT2D eigenvalue weighted by Gasteiger charge is -2.35. The summed E-state index contributed by atoms with van der Waals surface area (Å²) in [5.74, 6) is 1.70. The Morgan fingerprint density at radius 1 is 1.27 bits per heavy atom. The lowest BCUT2D eigenvalue weighted by Crippen LogP contribution is -2.47. The average molecular weight is 357 g/mol. The number of rotatable bonds is 3. The molecule has 1 fully saturated rings. The number of hydrogen-bond acceptors (Lipinski definition) is 6. The number of piperidine rings is 1. The second-order valence-corrected chi connectivity index (χ2v) is 6.86. The lowest BCUT2D eigenvalue weighted by atomic mass is 10.0. The number of likely N-dealkylation sites (N-methyl/N-ethyl adjacent to an activating group) is 2. The van der Waals surface area contributed by atoms with Gasteiger partial charge in [0.05, 0.1) is 0 Å². The summed E-state index contributed by atoms with van der Waals surface area (Å²) in [6.45, 7) is 3.00. The summed E-state index contributed by atoms with van der Waals surface area (Å²) in [5, 5.41) is 0. The molecule has 2 aliphatic heterocycles. The molecule has 1 aromatic heterocycles. The first-order valence-corrected chi connectivity index (χ1v) is 8.92. The zero-order valence-corrected chi connectivity index (χ0v) is 15.1. The van der Waals surface area contributed by atoms with E-state index < -0.39 is 0 Å². The van der Waals surface area contributed by atoms with E-state index in [9.17, 15) is 4.79 Å². The van der Waals surface area contributed by atoms with Gasteiger partial charge in [-0.05, 0) is 44.6 Å². The van der Waals surface area contributed by atoms with Gasteiger partial charge in [0.1, 0.15) is 13.2 Å². The molecule has 0 aliphatic carbocycles. The Bertz CT molecular complexity index is 804. The number of nitrogens with zero attached hydrogens (tertiary/aromatic N) is 3. The van der Waals surface area contributed by atoms with Crippen molar-refractivity contribution in [1.82, 2.24) is 14.8 Å². The van der Waals surface area contributed by atoms with E-state index in [1.807, 2.05) is 25.2 Å². The molecule has 2 aromatic rings. The van der Waals surface area contributed by atoms with E-state index in [1.165, 1.54) is 6.39 Å². The molecule has 0 N–H and O–H groups in total. The zero-order valence-electron chi connectivity index (χ0n) is 15.1. The molecule has 7 heteroatoms. The van der Waals surface area contributed by atoms with Gasteiger partial charge < -0.3 is 23.7 Å². The molecule has 1 unspecified atom stereocenters. The maximum Gasteiger partial charge on any atom is 0.276 e. The van der Waals surface area contributed by atoms with Crippen LogP contribution in [0.5, 0.6) is 11.5 Å². The maximum absolute atomic E-state index is 13.0.